The van der Waals surface area contributed by atoms with Crippen LogP contribution in [0.4, 0.5) is 15.3 Å². The first kappa shape index (κ1) is 38.0. The molecule has 3 atom stereocenters. The van der Waals surface area contributed by atoms with Gasteiger partial charge in [-0.05, 0) is 85.4 Å². The van der Waals surface area contributed by atoms with Crippen molar-refractivity contribution in [1.82, 2.24) is 25.7 Å². The van der Waals surface area contributed by atoms with Gasteiger partial charge in [-0.15, -0.1) is 0 Å². The van der Waals surface area contributed by atoms with Gasteiger partial charge in [-0.2, -0.15) is 5.10 Å². The van der Waals surface area contributed by atoms with Crippen LogP contribution in [0, 0.1) is 0 Å². The highest BCUT2D eigenvalue weighted by molar-refractivity contribution is 5.86. The number of ether oxygens (including phenoxy) is 3. The third-order valence-corrected chi connectivity index (χ3v) is 8.01. The molecule has 0 aliphatic heterocycles. The van der Waals surface area contributed by atoms with Gasteiger partial charge < -0.3 is 35.5 Å². The number of aromatic nitrogens is 2. The molecule has 13 heteroatoms. The topological polar surface area (TPSA) is 162 Å². The minimum Gasteiger partial charge on any atom is -0.444 e. The van der Waals surface area contributed by atoms with Gasteiger partial charge in [0.1, 0.15) is 23.3 Å². The van der Waals surface area contributed by atoms with Gasteiger partial charge in [-0.25, -0.2) is 9.59 Å². The Bertz CT molecular complexity index is 1600. The number of benzene rings is 2. The highest BCUT2D eigenvalue weighted by Crippen LogP contribution is 2.42. The fourth-order valence-electron chi connectivity index (χ4n) is 5.94. The first-order valence-corrected chi connectivity index (χ1v) is 17.4. The van der Waals surface area contributed by atoms with Crippen LogP contribution >= 0.6 is 0 Å². The van der Waals surface area contributed by atoms with E-state index in [9.17, 15) is 19.2 Å². The molecule has 2 aromatic carbocycles. The van der Waals surface area contributed by atoms with Gasteiger partial charge in [0.15, 0.2) is 0 Å². The van der Waals surface area contributed by atoms with Crippen LogP contribution in [0.2, 0.25) is 0 Å². The number of rotatable bonds is 13. The SMILES string of the molecule is CC(C)(C)OC(=O)NCCCC(NC(=O)OC(C)(C)C)C(=O)NCCC(=O)OC1(Nc2ccccc2)CCCCC1n1ncc2ccccc21. The Labute approximate surface area is 294 Å². The van der Waals surface area contributed by atoms with Gasteiger partial charge in [-0.1, -0.05) is 42.8 Å². The number of esters is 1. The van der Waals surface area contributed by atoms with E-state index in [1.54, 1.807) is 41.5 Å². The Morgan fingerprint density at radius 3 is 2.28 bits per heavy atom. The zero-order valence-electron chi connectivity index (χ0n) is 30.0. The number of hydrogen-bond donors (Lipinski definition) is 4. The van der Waals surface area contributed by atoms with E-state index in [1.165, 1.54) is 0 Å². The Kier molecular flexibility index (Phi) is 12.7. The molecule has 0 spiro atoms. The number of para-hydroxylation sites is 2. The summed E-state index contributed by atoms with van der Waals surface area (Å²) < 4.78 is 18.9. The van der Waals surface area contributed by atoms with Gasteiger partial charge in [-0.3, -0.25) is 14.3 Å². The molecule has 1 aliphatic carbocycles. The number of hydrogen-bond acceptors (Lipinski definition) is 9. The Hall–Kier alpha value is -4.81. The summed E-state index contributed by atoms with van der Waals surface area (Å²) in [5.74, 6) is -0.980. The lowest BCUT2D eigenvalue weighted by molar-refractivity contribution is -0.165. The van der Waals surface area contributed by atoms with Crippen molar-refractivity contribution in [1.29, 1.82) is 0 Å². The summed E-state index contributed by atoms with van der Waals surface area (Å²) >= 11 is 0. The summed E-state index contributed by atoms with van der Waals surface area (Å²) in [6, 6.07) is 16.3. The molecule has 4 N–H and O–H groups in total. The van der Waals surface area contributed by atoms with Crippen LogP contribution in [0.1, 0.15) is 92.5 Å². The van der Waals surface area contributed by atoms with Crippen LogP contribution < -0.4 is 21.3 Å². The molecule has 1 fully saturated rings. The lowest BCUT2D eigenvalue weighted by Gasteiger charge is -2.44. The van der Waals surface area contributed by atoms with Crippen molar-refractivity contribution in [2.75, 3.05) is 18.4 Å². The zero-order valence-corrected chi connectivity index (χ0v) is 30.0. The van der Waals surface area contributed by atoms with E-state index in [4.69, 9.17) is 19.3 Å². The Balaban J connectivity index is 1.42. The van der Waals surface area contributed by atoms with Crippen LogP contribution in [-0.2, 0) is 23.8 Å². The standard InChI is InChI=1S/C37H52N6O7/c1-35(2,3)49-33(46)39-23-14-18-28(41-34(47)50-36(4,5)6)32(45)38-24-21-31(44)48-37(42-27-16-8-7-9-17-27)22-13-12-20-30(37)43-29-19-11-10-15-26(29)25-40-43/h7-11,15-17,19,25,28,30,42H,12-14,18,20-24H2,1-6H3,(H,38,45)(H,39,46)(H,41,47). The molecule has 0 bridgehead atoms. The molecule has 3 unspecified atom stereocenters. The maximum Gasteiger partial charge on any atom is 0.408 e. The van der Waals surface area contributed by atoms with Gasteiger partial charge in [0.25, 0.3) is 0 Å². The van der Waals surface area contributed by atoms with E-state index in [-0.39, 0.29) is 32.0 Å². The minimum atomic E-state index is -1.09. The van der Waals surface area contributed by atoms with Gasteiger partial charge in [0.2, 0.25) is 11.6 Å². The molecule has 272 valence electrons. The third kappa shape index (κ3) is 11.4. The second-order valence-electron chi connectivity index (χ2n) is 14.6. The summed E-state index contributed by atoms with van der Waals surface area (Å²) in [7, 11) is 0. The molecule has 0 saturated heterocycles. The largest absolute Gasteiger partial charge is 0.444 e. The number of nitrogens with zero attached hydrogens (tertiary/aromatic N) is 2. The average Bonchev–Trinajstić information content (AvgIpc) is 3.45. The van der Waals surface area contributed by atoms with Gasteiger partial charge in [0.05, 0.1) is 18.1 Å². The quantitative estimate of drug-likeness (QED) is 0.0707. The van der Waals surface area contributed by atoms with Crippen molar-refractivity contribution in [3.8, 4) is 0 Å². The molecule has 0 radical (unpaired) electrons. The second kappa shape index (κ2) is 16.7. The van der Waals surface area contributed by atoms with Crippen LogP contribution in [0.15, 0.2) is 60.8 Å². The maximum absolute atomic E-state index is 13.6. The molecule has 50 heavy (non-hydrogen) atoms. The van der Waals surface area contributed by atoms with E-state index >= 15 is 0 Å². The molecular formula is C37H52N6O7. The minimum absolute atomic E-state index is 0.0168. The number of anilines is 1. The van der Waals surface area contributed by atoms with Crippen LogP contribution in [0.25, 0.3) is 10.9 Å². The first-order valence-electron chi connectivity index (χ1n) is 17.4. The van der Waals surface area contributed by atoms with Crippen molar-refractivity contribution < 1.29 is 33.4 Å². The predicted molar refractivity (Wildman–Crippen MR) is 190 cm³/mol. The molecule has 1 aliphatic rings. The lowest BCUT2D eigenvalue weighted by Crippen LogP contribution is -2.52. The monoisotopic (exact) mass is 692 g/mol. The summed E-state index contributed by atoms with van der Waals surface area (Å²) in [6.45, 7) is 10.7. The van der Waals surface area contributed by atoms with Gasteiger partial charge in [0, 0.05) is 30.6 Å². The fourth-order valence-corrected chi connectivity index (χ4v) is 5.94. The predicted octanol–water partition coefficient (Wildman–Crippen LogP) is 6.21. The van der Waals surface area contributed by atoms with E-state index in [0.29, 0.717) is 12.8 Å². The third-order valence-electron chi connectivity index (χ3n) is 8.01. The molecule has 3 aromatic rings. The van der Waals surface area contributed by atoms with Crippen molar-refractivity contribution in [3.05, 3.63) is 60.8 Å². The number of fused-ring (bicyclic) bond motifs is 1. The summed E-state index contributed by atoms with van der Waals surface area (Å²) in [4.78, 5) is 51.5. The Morgan fingerprint density at radius 1 is 0.880 bits per heavy atom. The second-order valence-corrected chi connectivity index (χ2v) is 14.6. The number of nitrogens with one attached hydrogen (secondary N) is 4. The number of carbonyl (C=O) groups excluding carboxylic acids is 4. The highest BCUT2D eigenvalue weighted by atomic mass is 16.6. The molecule has 1 heterocycles. The summed E-state index contributed by atoms with van der Waals surface area (Å²) in [5, 5.41) is 17.3. The molecule has 13 nitrogen and oxygen atoms in total. The van der Waals surface area contributed by atoms with E-state index in [0.717, 1.165) is 35.9 Å². The Morgan fingerprint density at radius 2 is 1.56 bits per heavy atom. The maximum atomic E-state index is 13.6. The van der Waals surface area contributed by atoms with Crippen molar-refractivity contribution >= 4 is 40.7 Å². The number of amides is 3. The molecular weight excluding hydrogens is 640 g/mol. The molecule has 1 saturated carbocycles. The summed E-state index contributed by atoms with van der Waals surface area (Å²) in [5.41, 5.74) is -0.733. The molecule has 3 amide bonds. The fraction of sp³-hybridized carbons (Fsp3) is 0.541. The molecule has 4 rings (SSSR count). The number of alkyl carbamates (subject to hydrolysis) is 2. The van der Waals surface area contributed by atoms with Gasteiger partial charge >= 0.3 is 18.2 Å². The molecule has 1 aromatic heterocycles. The van der Waals surface area contributed by atoms with Crippen molar-refractivity contribution in [2.45, 2.75) is 115 Å². The van der Waals surface area contributed by atoms with Crippen molar-refractivity contribution in [2.24, 2.45) is 0 Å². The average molecular weight is 693 g/mol. The highest BCUT2D eigenvalue weighted by Gasteiger charge is 2.46. The number of carbonyl (C=O) groups is 4. The lowest BCUT2D eigenvalue weighted by atomic mass is 9.86. The zero-order chi connectivity index (χ0) is 36.4. The van der Waals surface area contributed by atoms with Crippen LogP contribution in [-0.4, -0.2) is 69.9 Å². The van der Waals surface area contributed by atoms with Crippen molar-refractivity contribution in [3.63, 3.8) is 0 Å². The van der Waals surface area contributed by atoms with E-state index in [2.05, 4.69) is 21.3 Å². The smallest absolute Gasteiger partial charge is 0.408 e. The van der Waals surface area contributed by atoms with E-state index in [1.807, 2.05) is 65.5 Å². The van der Waals surface area contributed by atoms with Crippen LogP contribution in [0.5, 0.6) is 0 Å². The normalized spacial score (nSPS) is 18.4. The first-order chi connectivity index (χ1) is 23.6. The van der Waals surface area contributed by atoms with E-state index < -0.39 is 47.0 Å². The van der Waals surface area contributed by atoms with Crippen LogP contribution in [0.3, 0.4) is 0 Å². The summed E-state index contributed by atoms with van der Waals surface area (Å²) in [6.07, 6.45) is 4.08.